The van der Waals surface area contributed by atoms with E-state index in [0.717, 1.165) is 24.4 Å². The number of anilines is 2. The Morgan fingerprint density at radius 3 is 2.63 bits per heavy atom. The van der Waals surface area contributed by atoms with Crippen molar-refractivity contribution in [2.24, 2.45) is 7.05 Å². The highest BCUT2D eigenvalue weighted by molar-refractivity contribution is 5.82. The standard InChI is InChI=1S/C13H25N5O/c1-5-8-10-12(14)13(17(4)16-10)18(7-3)9-11(19)15-6-2/h5-9,14H2,1-4H3,(H,15,19). The molecule has 0 saturated heterocycles. The van der Waals surface area contributed by atoms with Crippen molar-refractivity contribution in [2.75, 3.05) is 30.3 Å². The summed E-state index contributed by atoms with van der Waals surface area (Å²) in [5.74, 6) is 0.833. The van der Waals surface area contributed by atoms with Crippen LogP contribution in [0.2, 0.25) is 0 Å². The number of aryl methyl sites for hydroxylation is 2. The topological polar surface area (TPSA) is 76.2 Å². The van der Waals surface area contributed by atoms with Gasteiger partial charge in [-0.15, -0.1) is 0 Å². The molecule has 19 heavy (non-hydrogen) atoms. The number of nitrogens with zero attached hydrogens (tertiary/aromatic N) is 3. The zero-order valence-corrected chi connectivity index (χ0v) is 12.4. The Labute approximate surface area is 114 Å². The minimum absolute atomic E-state index is 0.00184. The van der Waals surface area contributed by atoms with Crippen LogP contribution in [0.3, 0.4) is 0 Å². The highest BCUT2D eigenvalue weighted by Gasteiger charge is 2.19. The molecule has 0 radical (unpaired) electrons. The molecule has 6 nitrogen and oxygen atoms in total. The summed E-state index contributed by atoms with van der Waals surface area (Å²) in [6, 6.07) is 0. The Kier molecular flexibility index (Phi) is 5.66. The number of nitrogens with two attached hydrogens (primary N) is 1. The first kappa shape index (κ1) is 15.3. The minimum Gasteiger partial charge on any atom is -0.394 e. The lowest BCUT2D eigenvalue weighted by atomic mass is 10.2. The van der Waals surface area contributed by atoms with Crippen LogP contribution in [0.25, 0.3) is 0 Å². The fraction of sp³-hybridized carbons (Fsp3) is 0.692. The maximum Gasteiger partial charge on any atom is 0.239 e. The Hall–Kier alpha value is -1.72. The van der Waals surface area contributed by atoms with Crippen molar-refractivity contribution in [1.29, 1.82) is 0 Å². The average molecular weight is 267 g/mol. The zero-order valence-electron chi connectivity index (χ0n) is 12.4. The monoisotopic (exact) mass is 267 g/mol. The summed E-state index contributed by atoms with van der Waals surface area (Å²) in [6.07, 6.45) is 1.86. The summed E-state index contributed by atoms with van der Waals surface area (Å²) < 4.78 is 1.77. The van der Waals surface area contributed by atoms with E-state index in [9.17, 15) is 4.79 Å². The van der Waals surface area contributed by atoms with E-state index in [2.05, 4.69) is 17.3 Å². The molecule has 1 rings (SSSR count). The lowest BCUT2D eigenvalue weighted by Crippen LogP contribution is -2.38. The molecule has 1 amide bonds. The summed E-state index contributed by atoms with van der Waals surface area (Å²) >= 11 is 0. The highest BCUT2D eigenvalue weighted by Crippen LogP contribution is 2.26. The van der Waals surface area contributed by atoms with E-state index in [0.29, 0.717) is 25.3 Å². The van der Waals surface area contributed by atoms with Crippen molar-refractivity contribution >= 4 is 17.4 Å². The number of likely N-dealkylation sites (N-methyl/N-ethyl adjacent to an activating group) is 2. The summed E-state index contributed by atoms with van der Waals surface area (Å²) in [4.78, 5) is 13.7. The van der Waals surface area contributed by atoms with E-state index in [1.807, 2.05) is 25.8 Å². The molecule has 108 valence electrons. The van der Waals surface area contributed by atoms with E-state index in [1.165, 1.54) is 0 Å². The molecular formula is C13H25N5O. The van der Waals surface area contributed by atoms with Gasteiger partial charge in [-0.25, -0.2) is 0 Å². The molecule has 1 aromatic rings. The highest BCUT2D eigenvalue weighted by atomic mass is 16.2. The second-order valence-electron chi connectivity index (χ2n) is 4.53. The molecule has 0 bridgehead atoms. The maximum atomic E-state index is 11.7. The number of nitrogen functional groups attached to an aromatic ring is 1. The van der Waals surface area contributed by atoms with Crippen LogP contribution in [0.5, 0.6) is 0 Å². The van der Waals surface area contributed by atoms with Crippen molar-refractivity contribution < 1.29 is 4.79 Å². The van der Waals surface area contributed by atoms with Gasteiger partial charge in [-0.05, 0) is 20.3 Å². The third-order valence-corrected chi connectivity index (χ3v) is 3.01. The number of rotatable bonds is 7. The van der Waals surface area contributed by atoms with E-state index in [4.69, 9.17) is 5.73 Å². The van der Waals surface area contributed by atoms with E-state index >= 15 is 0 Å². The predicted octanol–water partition coefficient (Wildman–Crippen LogP) is 0.917. The Bertz CT molecular complexity index is 427. The molecule has 6 heteroatoms. The largest absolute Gasteiger partial charge is 0.394 e. The van der Waals surface area contributed by atoms with Gasteiger partial charge >= 0.3 is 0 Å². The van der Waals surface area contributed by atoms with Gasteiger partial charge in [-0.2, -0.15) is 5.10 Å². The van der Waals surface area contributed by atoms with Crippen LogP contribution in [0, 0.1) is 0 Å². The number of carbonyl (C=O) groups excluding carboxylic acids is 1. The van der Waals surface area contributed by atoms with Crippen LogP contribution >= 0.6 is 0 Å². The van der Waals surface area contributed by atoms with Gasteiger partial charge in [0, 0.05) is 20.1 Å². The first-order valence-corrected chi connectivity index (χ1v) is 6.88. The number of aromatic nitrogens is 2. The zero-order chi connectivity index (χ0) is 14.4. The van der Waals surface area contributed by atoms with Gasteiger partial charge in [0.05, 0.1) is 17.9 Å². The Morgan fingerprint density at radius 1 is 1.42 bits per heavy atom. The van der Waals surface area contributed by atoms with Gasteiger partial charge in [0.15, 0.2) is 5.82 Å². The maximum absolute atomic E-state index is 11.7. The quantitative estimate of drug-likeness (QED) is 0.770. The Morgan fingerprint density at radius 2 is 2.11 bits per heavy atom. The van der Waals surface area contributed by atoms with Crippen molar-refractivity contribution in [2.45, 2.75) is 33.6 Å². The second-order valence-corrected chi connectivity index (χ2v) is 4.53. The van der Waals surface area contributed by atoms with Crippen molar-refractivity contribution in [3.8, 4) is 0 Å². The van der Waals surface area contributed by atoms with Crippen LogP contribution in [-0.4, -0.2) is 35.3 Å². The first-order valence-electron chi connectivity index (χ1n) is 6.88. The van der Waals surface area contributed by atoms with Gasteiger partial charge in [-0.1, -0.05) is 13.3 Å². The van der Waals surface area contributed by atoms with E-state index in [-0.39, 0.29) is 5.91 Å². The molecule has 1 aromatic heterocycles. The van der Waals surface area contributed by atoms with Gasteiger partial charge < -0.3 is 16.0 Å². The van der Waals surface area contributed by atoms with Gasteiger partial charge in [0.1, 0.15) is 0 Å². The molecule has 0 aliphatic carbocycles. The van der Waals surface area contributed by atoms with Crippen LogP contribution in [0.15, 0.2) is 0 Å². The molecule has 0 aromatic carbocycles. The predicted molar refractivity (Wildman–Crippen MR) is 78.2 cm³/mol. The van der Waals surface area contributed by atoms with Gasteiger partial charge in [-0.3, -0.25) is 9.48 Å². The molecule has 0 atom stereocenters. The molecule has 0 fully saturated rings. The number of hydrogen-bond acceptors (Lipinski definition) is 4. The SMILES string of the molecule is CCCc1nn(C)c(N(CC)CC(=O)NCC)c1N. The lowest BCUT2D eigenvalue weighted by Gasteiger charge is -2.22. The van der Waals surface area contributed by atoms with Gasteiger partial charge in [0.25, 0.3) is 0 Å². The fourth-order valence-corrected chi connectivity index (χ4v) is 2.15. The summed E-state index contributed by atoms with van der Waals surface area (Å²) in [6.45, 7) is 7.67. The Balaban J connectivity index is 2.94. The second kappa shape index (κ2) is 7.01. The molecule has 3 N–H and O–H groups in total. The van der Waals surface area contributed by atoms with Crippen LogP contribution in [0.4, 0.5) is 11.5 Å². The number of amides is 1. The van der Waals surface area contributed by atoms with Crippen molar-refractivity contribution in [3.63, 3.8) is 0 Å². The first-order chi connectivity index (χ1) is 9.04. The third-order valence-electron chi connectivity index (χ3n) is 3.01. The van der Waals surface area contributed by atoms with Crippen LogP contribution in [0.1, 0.15) is 32.9 Å². The molecule has 0 unspecified atom stereocenters. The molecule has 0 aliphatic heterocycles. The van der Waals surface area contributed by atoms with Gasteiger partial charge in [0.2, 0.25) is 5.91 Å². The number of carbonyl (C=O) groups is 1. The molecule has 1 heterocycles. The van der Waals surface area contributed by atoms with E-state index < -0.39 is 0 Å². The lowest BCUT2D eigenvalue weighted by molar-refractivity contribution is -0.119. The van der Waals surface area contributed by atoms with Crippen molar-refractivity contribution in [1.82, 2.24) is 15.1 Å². The van der Waals surface area contributed by atoms with Crippen molar-refractivity contribution in [3.05, 3.63) is 5.69 Å². The summed E-state index contributed by atoms with van der Waals surface area (Å²) in [5, 5.41) is 7.24. The summed E-state index contributed by atoms with van der Waals surface area (Å²) in [5.41, 5.74) is 7.76. The number of hydrogen-bond donors (Lipinski definition) is 2. The fourth-order valence-electron chi connectivity index (χ4n) is 2.15. The third kappa shape index (κ3) is 3.62. The molecule has 0 saturated carbocycles. The molecular weight excluding hydrogens is 242 g/mol. The van der Waals surface area contributed by atoms with E-state index in [1.54, 1.807) is 4.68 Å². The smallest absolute Gasteiger partial charge is 0.239 e. The number of nitrogens with one attached hydrogen (secondary N) is 1. The van der Waals surface area contributed by atoms with Crippen LogP contribution in [-0.2, 0) is 18.3 Å². The van der Waals surface area contributed by atoms with Crippen LogP contribution < -0.4 is 16.0 Å². The summed E-state index contributed by atoms with van der Waals surface area (Å²) in [7, 11) is 1.87. The average Bonchev–Trinajstić information content (AvgIpc) is 2.63. The normalized spacial score (nSPS) is 10.5. The minimum atomic E-state index is 0.00184. The molecule has 0 spiro atoms. The molecule has 0 aliphatic rings.